The lowest BCUT2D eigenvalue weighted by atomic mass is 9.43. The molecule has 2 unspecified atom stereocenters. The van der Waals surface area contributed by atoms with Crippen molar-refractivity contribution in [2.75, 3.05) is 9.71 Å². The lowest BCUT2D eigenvalue weighted by molar-refractivity contribution is 0.195. The first-order valence-electron chi connectivity index (χ1n) is 22.8. The van der Waals surface area contributed by atoms with E-state index in [-0.39, 0.29) is 34.0 Å². The maximum atomic E-state index is 7.19. The molecule has 1 saturated carbocycles. The number of nitrogens with zero attached hydrogens (tertiary/aromatic N) is 2. The molecule has 3 aliphatic heterocycles. The van der Waals surface area contributed by atoms with E-state index in [2.05, 4.69) is 183 Å². The van der Waals surface area contributed by atoms with Crippen LogP contribution in [0.4, 0.5) is 22.7 Å². The molecule has 4 nitrogen and oxygen atoms in total. The molecule has 306 valence electrons. The lowest BCUT2D eigenvalue weighted by Gasteiger charge is -2.53. The van der Waals surface area contributed by atoms with Gasteiger partial charge in [0.1, 0.15) is 16.7 Å². The van der Waals surface area contributed by atoms with Crippen molar-refractivity contribution in [1.29, 1.82) is 0 Å². The number of benzene rings is 6. The van der Waals surface area contributed by atoms with Crippen molar-refractivity contribution in [3.63, 3.8) is 0 Å². The third-order valence-electron chi connectivity index (χ3n) is 15.8. The molecule has 2 atom stereocenters. The minimum Gasteiger partial charge on any atom is -0.456 e. The van der Waals surface area contributed by atoms with Gasteiger partial charge in [0.05, 0.1) is 16.6 Å². The average molecular weight is 801 g/mol. The molecule has 0 amide bonds. The van der Waals surface area contributed by atoms with E-state index >= 15 is 0 Å². The molecule has 1 fully saturated rings. The van der Waals surface area contributed by atoms with Crippen molar-refractivity contribution in [2.24, 2.45) is 0 Å². The van der Waals surface area contributed by atoms with Crippen LogP contribution >= 0.6 is 0 Å². The highest BCUT2D eigenvalue weighted by Crippen LogP contribution is 2.64. The Labute approximate surface area is 361 Å². The topological polar surface area (TPSA) is 32.8 Å². The van der Waals surface area contributed by atoms with Crippen LogP contribution in [0.1, 0.15) is 124 Å². The number of anilines is 4. The fourth-order valence-electron chi connectivity index (χ4n) is 12.2. The third-order valence-corrected chi connectivity index (χ3v) is 15.8. The van der Waals surface area contributed by atoms with Gasteiger partial charge in [-0.3, -0.25) is 0 Å². The van der Waals surface area contributed by atoms with E-state index in [4.69, 9.17) is 8.83 Å². The highest BCUT2D eigenvalue weighted by atomic mass is 16.3. The van der Waals surface area contributed by atoms with E-state index in [9.17, 15) is 0 Å². The molecule has 6 aromatic carbocycles. The maximum Gasteiger partial charge on any atom is 0.333 e. The Hall–Kier alpha value is -5.42. The van der Waals surface area contributed by atoms with Gasteiger partial charge in [0, 0.05) is 44.2 Å². The van der Waals surface area contributed by atoms with E-state index in [1.54, 1.807) is 0 Å². The summed E-state index contributed by atoms with van der Waals surface area (Å²) < 4.78 is 14.1. The van der Waals surface area contributed by atoms with Crippen molar-refractivity contribution < 1.29 is 8.83 Å². The summed E-state index contributed by atoms with van der Waals surface area (Å²) in [4.78, 5) is 5.54. The first-order chi connectivity index (χ1) is 28.9. The minimum absolute atomic E-state index is 0.00160. The Morgan fingerprint density at radius 2 is 1.26 bits per heavy atom. The van der Waals surface area contributed by atoms with E-state index in [1.165, 1.54) is 102 Å². The summed E-state index contributed by atoms with van der Waals surface area (Å²) in [5, 5.41) is 4.69. The van der Waals surface area contributed by atoms with Crippen molar-refractivity contribution in [3.8, 4) is 11.1 Å². The standard InChI is InChI=1S/C56H57BN2O2/c1-52(2,3)32-18-21-35(22-19-32)59-48-37(24-25-44-46(48)38-23-20-33(53(4,5)6)30-45(38)60-44)39-31-40-36-16-12-13-17-43(36)61-51(40)50-47(39)57(59)42-29-34(54(7,8)9)28-41-49(42)58(50)56(11)27-15-14-26-55(41,56)10/h12-13,16-25,28-31H,14-15,26-27H2,1-11H3. The molecule has 5 heterocycles. The minimum atomic E-state index is -0.139. The second-order valence-electron chi connectivity index (χ2n) is 22.5. The third kappa shape index (κ3) is 4.79. The van der Waals surface area contributed by atoms with Crippen molar-refractivity contribution in [2.45, 2.75) is 129 Å². The van der Waals surface area contributed by atoms with Crippen LogP contribution in [0.2, 0.25) is 0 Å². The highest BCUT2D eigenvalue weighted by molar-refractivity contribution is 6.94. The zero-order chi connectivity index (χ0) is 42.3. The van der Waals surface area contributed by atoms with Crippen LogP contribution < -0.4 is 20.6 Å². The van der Waals surface area contributed by atoms with Gasteiger partial charge >= 0.3 is 6.85 Å². The van der Waals surface area contributed by atoms with E-state index in [0.29, 0.717) is 0 Å². The van der Waals surface area contributed by atoms with Gasteiger partial charge in [-0.2, -0.15) is 0 Å². The van der Waals surface area contributed by atoms with Crippen LogP contribution in [0.5, 0.6) is 0 Å². The van der Waals surface area contributed by atoms with E-state index < -0.39 is 0 Å². The second kappa shape index (κ2) is 11.7. The Morgan fingerprint density at radius 1 is 0.557 bits per heavy atom. The summed E-state index contributed by atoms with van der Waals surface area (Å²) in [7, 11) is 0. The van der Waals surface area contributed by atoms with Crippen LogP contribution in [-0.4, -0.2) is 12.4 Å². The summed E-state index contributed by atoms with van der Waals surface area (Å²) in [5.74, 6) is 0. The van der Waals surface area contributed by atoms with Crippen LogP contribution in [-0.2, 0) is 21.7 Å². The SMILES string of the molecule is CC(C)(C)c1ccc(N2B3c4cc(C(C)(C)C)cc5c4N(c4c3c(cc3c4oc4ccccc43)-c3ccc4oc6cc(C(C)(C)C)ccc6c4c32)C2(C)CCCCC52C)cc1. The predicted octanol–water partition coefficient (Wildman–Crippen LogP) is 14.4. The average Bonchev–Trinajstić information content (AvgIpc) is 3.84. The monoisotopic (exact) mass is 800 g/mol. The molecule has 5 heteroatoms. The molecular formula is C56H57BN2O2. The zero-order valence-electron chi connectivity index (χ0n) is 37.9. The molecule has 0 radical (unpaired) electrons. The summed E-state index contributed by atoms with van der Waals surface area (Å²) in [6.45, 7) is 26.0. The predicted molar refractivity (Wildman–Crippen MR) is 259 cm³/mol. The molecule has 12 rings (SSSR count). The number of para-hydroxylation sites is 1. The second-order valence-corrected chi connectivity index (χ2v) is 22.5. The summed E-state index contributed by atoms with van der Waals surface area (Å²) in [5.41, 5.74) is 19.5. The van der Waals surface area contributed by atoms with Crippen LogP contribution in [0, 0.1) is 0 Å². The molecule has 1 aliphatic carbocycles. The van der Waals surface area contributed by atoms with Crippen molar-refractivity contribution in [1.82, 2.24) is 0 Å². The molecular weight excluding hydrogens is 743 g/mol. The first-order valence-corrected chi connectivity index (χ1v) is 22.8. The van der Waals surface area contributed by atoms with E-state index in [0.717, 1.165) is 34.1 Å². The summed E-state index contributed by atoms with van der Waals surface area (Å²) in [6.07, 6.45) is 4.76. The molecule has 2 aromatic heterocycles. The molecule has 61 heavy (non-hydrogen) atoms. The first kappa shape index (κ1) is 37.4. The fraction of sp³-hybridized carbons (Fsp3) is 0.357. The summed E-state index contributed by atoms with van der Waals surface area (Å²) in [6, 6.07) is 37.4. The van der Waals surface area contributed by atoms with Gasteiger partial charge in [-0.25, -0.2) is 0 Å². The van der Waals surface area contributed by atoms with Gasteiger partial charge in [-0.1, -0.05) is 137 Å². The quantitative estimate of drug-likeness (QED) is 0.155. The van der Waals surface area contributed by atoms with Gasteiger partial charge in [0.25, 0.3) is 0 Å². The smallest absolute Gasteiger partial charge is 0.333 e. The molecule has 0 N–H and O–H groups in total. The lowest BCUT2D eigenvalue weighted by Crippen LogP contribution is -2.64. The van der Waals surface area contributed by atoms with Gasteiger partial charge in [-0.15, -0.1) is 0 Å². The van der Waals surface area contributed by atoms with Crippen molar-refractivity contribution in [3.05, 3.63) is 119 Å². The highest BCUT2D eigenvalue weighted by Gasteiger charge is 2.62. The Kier molecular flexibility index (Phi) is 7.18. The number of hydrogen-bond acceptors (Lipinski definition) is 4. The van der Waals surface area contributed by atoms with Gasteiger partial charge in [0.15, 0.2) is 5.58 Å². The molecule has 0 bridgehead atoms. The number of fused-ring (bicyclic) bond motifs is 15. The van der Waals surface area contributed by atoms with E-state index in [1.807, 2.05) is 0 Å². The van der Waals surface area contributed by atoms with Gasteiger partial charge < -0.3 is 18.5 Å². The largest absolute Gasteiger partial charge is 0.456 e. The normalized spacial score (nSPS) is 20.8. The molecule has 4 aliphatic rings. The number of rotatable bonds is 1. The Morgan fingerprint density at radius 3 is 2.00 bits per heavy atom. The van der Waals surface area contributed by atoms with Crippen molar-refractivity contribution >= 4 is 84.4 Å². The molecule has 0 spiro atoms. The zero-order valence-corrected chi connectivity index (χ0v) is 37.9. The van der Waals surface area contributed by atoms with Crippen LogP contribution in [0.15, 0.2) is 106 Å². The van der Waals surface area contributed by atoms with Crippen LogP contribution in [0.25, 0.3) is 55.0 Å². The number of furan rings is 2. The summed E-state index contributed by atoms with van der Waals surface area (Å²) >= 11 is 0. The molecule has 0 saturated heterocycles. The van der Waals surface area contributed by atoms with Crippen LogP contribution in [0.3, 0.4) is 0 Å². The number of hydrogen-bond donors (Lipinski definition) is 0. The van der Waals surface area contributed by atoms with Gasteiger partial charge in [-0.05, 0) is 117 Å². The maximum absolute atomic E-state index is 7.19. The Balaban J connectivity index is 1.29. The molecule has 8 aromatic rings. The fourth-order valence-corrected chi connectivity index (χ4v) is 12.2. The Bertz CT molecular complexity index is 3200. The van der Waals surface area contributed by atoms with Gasteiger partial charge in [0.2, 0.25) is 0 Å².